The van der Waals surface area contributed by atoms with E-state index in [9.17, 15) is 10.1 Å². The number of piperazine rings is 1. The summed E-state index contributed by atoms with van der Waals surface area (Å²) < 4.78 is 0. The molecular weight excluding hydrogens is 312 g/mol. The highest BCUT2D eigenvalue weighted by Gasteiger charge is 2.24. The molecule has 0 N–H and O–H groups in total. The van der Waals surface area contributed by atoms with Crippen molar-refractivity contribution in [2.45, 2.75) is 19.9 Å². The highest BCUT2D eigenvalue weighted by Crippen LogP contribution is 2.26. The van der Waals surface area contributed by atoms with Gasteiger partial charge in [0, 0.05) is 38.3 Å². The van der Waals surface area contributed by atoms with E-state index in [0.717, 1.165) is 32.0 Å². The smallest absolute Gasteiger partial charge is 0.290 e. The summed E-state index contributed by atoms with van der Waals surface area (Å²) in [5.74, 6) is 0.830. The van der Waals surface area contributed by atoms with Gasteiger partial charge in [-0.1, -0.05) is 0 Å². The summed E-state index contributed by atoms with van der Waals surface area (Å²) in [4.78, 5) is 19.6. The van der Waals surface area contributed by atoms with Crippen LogP contribution in [0.2, 0.25) is 0 Å². The van der Waals surface area contributed by atoms with E-state index >= 15 is 0 Å². The standard InChI is InChI=1S/C16H20N4O2S/c1-12-15(20(21)22)3-4-16(17-12)19-8-6-18(7-9-19)13(2)14-5-10-23-11-14/h3-5,10-11,13H,6-9H2,1-2H3. The molecule has 0 bridgehead atoms. The minimum absolute atomic E-state index is 0.0819. The Morgan fingerprint density at radius 3 is 2.57 bits per heavy atom. The lowest BCUT2D eigenvalue weighted by Crippen LogP contribution is -2.47. The van der Waals surface area contributed by atoms with Gasteiger partial charge in [-0.15, -0.1) is 0 Å². The molecule has 0 aliphatic carbocycles. The first kappa shape index (κ1) is 15.9. The number of rotatable bonds is 4. The molecule has 7 heteroatoms. The molecule has 1 aliphatic rings. The Labute approximate surface area is 139 Å². The van der Waals surface area contributed by atoms with E-state index in [2.05, 4.69) is 38.5 Å². The van der Waals surface area contributed by atoms with Crippen LogP contribution >= 0.6 is 11.3 Å². The molecule has 1 saturated heterocycles. The van der Waals surface area contributed by atoms with Crippen LogP contribution in [0.1, 0.15) is 24.2 Å². The summed E-state index contributed by atoms with van der Waals surface area (Å²) in [6.45, 7) is 7.64. The van der Waals surface area contributed by atoms with Gasteiger partial charge in [-0.2, -0.15) is 11.3 Å². The number of aromatic nitrogens is 1. The SMILES string of the molecule is Cc1nc(N2CCN(C(C)c3ccsc3)CC2)ccc1[N+](=O)[O-]. The van der Waals surface area contributed by atoms with E-state index in [4.69, 9.17) is 0 Å². The highest BCUT2D eigenvalue weighted by molar-refractivity contribution is 7.07. The van der Waals surface area contributed by atoms with E-state index in [1.165, 1.54) is 5.56 Å². The monoisotopic (exact) mass is 332 g/mol. The van der Waals surface area contributed by atoms with Crippen molar-refractivity contribution >= 4 is 22.8 Å². The lowest BCUT2D eigenvalue weighted by atomic mass is 10.1. The molecular formula is C16H20N4O2S. The van der Waals surface area contributed by atoms with Crippen LogP contribution in [0.5, 0.6) is 0 Å². The second-order valence-electron chi connectivity index (χ2n) is 5.79. The molecule has 1 unspecified atom stereocenters. The van der Waals surface area contributed by atoms with Crippen LogP contribution in [0.25, 0.3) is 0 Å². The minimum atomic E-state index is -0.382. The van der Waals surface area contributed by atoms with Crippen LogP contribution in [-0.4, -0.2) is 41.0 Å². The second-order valence-corrected chi connectivity index (χ2v) is 6.57. The first-order valence-electron chi connectivity index (χ1n) is 7.69. The minimum Gasteiger partial charge on any atom is -0.354 e. The van der Waals surface area contributed by atoms with Gasteiger partial charge in [-0.05, 0) is 42.3 Å². The van der Waals surface area contributed by atoms with E-state index in [0.29, 0.717) is 11.7 Å². The van der Waals surface area contributed by atoms with Gasteiger partial charge < -0.3 is 4.90 Å². The first-order valence-corrected chi connectivity index (χ1v) is 8.63. The first-order chi connectivity index (χ1) is 11.1. The van der Waals surface area contributed by atoms with Crippen molar-refractivity contribution in [3.63, 3.8) is 0 Å². The van der Waals surface area contributed by atoms with E-state index in [1.54, 1.807) is 30.4 Å². The Kier molecular flexibility index (Phi) is 4.58. The van der Waals surface area contributed by atoms with Gasteiger partial charge in [-0.3, -0.25) is 15.0 Å². The molecule has 1 fully saturated rings. The zero-order valence-electron chi connectivity index (χ0n) is 13.3. The quantitative estimate of drug-likeness (QED) is 0.635. The summed E-state index contributed by atoms with van der Waals surface area (Å²) in [6, 6.07) is 5.92. The van der Waals surface area contributed by atoms with Crippen molar-refractivity contribution in [3.05, 3.63) is 50.3 Å². The molecule has 1 aliphatic heterocycles. The Balaban J connectivity index is 1.65. The molecule has 6 nitrogen and oxygen atoms in total. The summed E-state index contributed by atoms with van der Waals surface area (Å²) >= 11 is 1.73. The van der Waals surface area contributed by atoms with Gasteiger partial charge in [0.1, 0.15) is 11.5 Å². The Bertz CT molecular complexity index is 681. The van der Waals surface area contributed by atoms with Crippen LogP contribution in [0.4, 0.5) is 11.5 Å². The molecule has 0 amide bonds. The lowest BCUT2D eigenvalue weighted by molar-refractivity contribution is -0.385. The number of hydrogen-bond donors (Lipinski definition) is 0. The van der Waals surface area contributed by atoms with Gasteiger partial charge >= 0.3 is 0 Å². The molecule has 1 atom stereocenters. The van der Waals surface area contributed by atoms with Gasteiger partial charge in [0.05, 0.1) is 4.92 Å². The van der Waals surface area contributed by atoms with E-state index in [-0.39, 0.29) is 10.6 Å². The number of aryl methyl sites for hydroxylation is 1. The molecule has 0 saturated carbocycles. The third-order valence-corrected chi connectivity index (χ3v) is 5.15. The van der Waals surface area contributed by atoms with Crippen molar-refractivity contribution < 1.29 is 4.92 Å². The number of anilines is 1. The molecule has 3 rings (SSSR count). The maximum Gasteiger partial charge on any atom is 0.290 e. The molecule has 122 valence electrons. The van der Waals surface area contributed by atoms with Gasteiger partial charge in [0.15, 0.2) is 0 Å². The number of nitro groups is 1. The average Bonchev–Trinajstić information content (AvgIpc) is 3.08. The lowest BCUT2D eigenvalue weighted by Gasteiger charge is -2.38. The Hall–Kier alpha value is -1.99. The fraction of sp³-hybridized carbons (Fsp3) is 0.438. The van der Waals surface area contributed by atoms with Crippen LogP contribution < -0.4 is 4.90 Å². The molecule has 0 aromatic carbocycles. The summed E-state index contributed by atoms with van der Waals surface area (Å²) in [7, 11) is 0. The topological polar surface area (TPSA) is 62.5 Å². The summed E-state index contributed by atoms with van der Waals surface area (Å²) in [5, 5.41) is 15.2. The van der Waals surface area contributed by atoms with Crippen molar-refractivity contribution in [1.82, 2.24) is 9.88 Å². The molecule has 3 heterocycles. The van der Waals surface area contributed by atoms with E-state index in [1.807, 2.05) is 0 Å². The van der Waals surface area contributed by atoms with Gasteiger partial charge in [0.2, 0.25) is 0 Å². The third-order valence-electron chi connectivity index (χ3n) is 4.45. The van der Waals surface area contributed by atoms with E-state index < -0.39 is 0 Å². The molecule has 2 aromatic heterocycles. The second kappa shape index (κ2) is 6.64. The maximum absolute atomic E-state index is 10.9. The molecule has 2 aromatic rings. The number of nitrogens with zero attached hydrogens (tertiary/aromatic N) is 4. The zero-order valence-corrected chi connectivity index (χ0v) is 14.1. The fourth-order valence-electron chi connectivity index (χ4n) is 2.97. The van der Waals surface area contributed by atoms with Crippen molar-refractivity contribution in [2.24, 2.45) is 0 Å². The Morgan fingerprint density at radius 2 is 2.00 bits per heavy atom. The highest BCUT2D eigenvalue weighted by atomic mass is 32.1. The summed E-state index contributed by atoms with van der Waals surface area (Å²) in [5.41, 5.74) is 1.92. The predicted molar refractivity (Wildman–Crippen MR) is 92.1 cm³/mol. The van der Waals surface area contributed by atoms with Crippen LogP contribution in [-0.2, 0) is 0 Å². The largest absolute Gasteiger partial charge is 0.354 e. The third kappa shape index (κ3) is 3.35. The fourth-order valence-corrected chi connectivity index (χ4v) is 3.72. The number of thiophene rings is 1. The van der Waals surface area contributed by atoms with Crippen molar-refractivity contribution in [1.29, 1.82) is 0 Å². The van der Waals surface area contributed by atoms with Gasteiger partial charge in [0.25, 0.3) is 5.69 Å². The normalized spacial score (nSPS) is 17.2. The average molecular weight is 332 g/mol. The number of pyridine rings is 1. The van der Waals surface area contributed by atoms with Crippen LogP contribution in [0.3, 0.4) is 0 Å². The van der Waals surface area contributed by atoms with Crippen LogP contribution in [0.15, 0.2) is 29.0 Å². The molecule has 0 radical (unpaired) electrons. The number of hydrogen-bond acceptors (Lipinski definition) is 6. The summed E-state index contributed by atoms with van der Waals surface area (Å²) in [6.07, 6.45) is 0. The molecule has 23 heavy (non-hydrogen) atoms. The van der Waals surface area contributed by atoms with Crippen molar-refractivity contribution in [2.75, 3.05) is 31.1 Å². The zero-order chi connectivity index (χ0) is 16.4. The van der Waals surface area contributed by atoms with Gasteiger partial charge in [-0.25, -0.2) is 4.98 Å². The van der Waals surface area contributed by atoms with Crippen molar-refractivity contribution in [3.8, 4) is 0 Å². The Morgan fingerprint density at radius 1 is 1.26 bits per heavy atom. The maximum atomic E-state index is 10.9. The molecule has 0 spiro atoms. The van der Waals surface area contributed by atoms with Crippen LogP contribution in [0, 0.1) is 17.0 Å². The predicted octanol–water partition coefficient (Wildman–Crippen LogP) is 3.24.